The summed E-state index contributed by atoms with van der Waals surface area (Å²) < 4.78 is 2.29. The van der Waals surface area contributed by atoms with E-state index in [0.29, 0.717) is 0 Å². The lowest BCUT2D eigenvalue weighted by molar-refractivity contribution is -0.538. The van der Waals surface area contributed by atoms with Crippen LogP contribution in [0.5, 0.6) is 0 Å². The Kier molecular flexibility index (Phi) is 10.9. The number of benzene rings is 5. The summed E-state index contributed by atoms with van der Waals surface area (Å²) in [5.74, 6) is 0. The summed E-state index contributed by atoms with van der Waals surface area (Å²) in [5, 5.41) is 7.50. The van der Waals surface area contributed by atoms with Gasteiger partial charge in [-0.1, -0.05) is 68.5 Å². The highest BCUT2D eigenvalue weighted by atomic mass is 15.2. The molecule has 0 amide bonds. The fourth-order valence-corrected chi connectivity index (χ4v) is 8.31. The molecule has 1 aromatic heterocycles. The number of nitrogens with zero attached hydrogens (tertiary/aromatic N) is 4. The molecule has 1 unspecified atom stereocenters. The van der Waals surface area contributed by atoms with E-state index in [1.54, 1.807) is 0 Å². The Morgan fingerprint density at radius 2 is 1.28 bits per heavy atom. The van der Waals surface area contributed by atoms with Crippen molar-refractivity contribution in [1.82, 2.24) is 4.98 Å². The van der Waals surface area contributed by atoms with Crippen molar-refractivity contribution in [1.29, 1.82) is 0 Å². The minimum Gasteiger partial charge on any atom is -0.399 e. The van der Waals surface area contributed by atoms with Gasteiger partial charge < -0.3 is 27.0 Å². The maximum absolute atomic E-state index is 6.43. The summed E-state index contributed by atoms with van der Waals surface area (Å²) in [7, 11) is 0. The molecular weight excluding hydrogens is 701 g/mol. The number of unbranched alkanes of at least 4 members (excludes halogenated alkanes) is 6. The summed E-state index contributed by atoms with van der Waals surface area (Å²) >= 11 is 0. The van der Waals surface area contributed by atoms with Crippen molar-refractivity contribution in [3.8, 4) is 5.69 Å². The molecule has 0 radical (unpaired) electrons. The molecule has 6 N–H and O–H groups in total. The quantitative estimate of drug-likeness (QED) is 0.0381. The highest BCUT2D eigenvalue weighted by Crippen LogP contribution is 2.46. The van der Waals surface area contributed by atoms with Crippen molar-refractivity contribution in [2.24, 2.45) is 10.7 Å². The second kappa shape index (κ2) is 16.5. The molecule has 8 heteroatoms. The van der Waals surface area contributed by atoms with Gasteiger partial charge in [0.15, 0.2) is 0 Å². The lowest BCUT2D eigenvalue weighted by atomic mass is 9.93. The van der Waals surface area contributed by atoms with Gasteiger partial charge in [-0.15, -0.1) is 4.57 Å². The summed E-state index contributed by atoms with van der Waals surface area (Å²) in [6.45, 7) is 10.4. The lowest BCUT2D eigenvalue weighted by Gasteiger charge is -2.39. The predicted molar refractivity (Wildman–Crippen MR) is 241 cm³/mol. The second-order valence-electron chi connectivity index (χ2n) is 15.7. The van der Waals surface area contributed by atoms with Gasteiger partial charge in [0.2, 0.25) is 16.7 Å². The zero-order chi connectivity index (χ0) is 39.5. The van der Waals surface area contributed by atoms with E-state index in [2.05, 4.69) is 150 Å². The molecule has 8 rings (SSSR count). The van der Waals surface area contributed by atoms with E-state index in [9.17, 15) is 0 Å². The maximum atomic E-state index is 6.43. The fourth-order valence-electron chi connectivity index (χ4n) is 8.31. The number of nitrogens with two attached hydrogens (primary N) is 2. The predicted octanol–water partition coefficient (Wildman–Crippen LogP) is 10.8. The van der Waals surface area contributed by atoms with E-state index >= 15 is 0 Å². The first-order valence-corrected chi connectivity index (χ1v) is 20.6. The first-order valence-electron chi connectivity index (χ1n) is 20.6. The van der Waals surface area contributed by atoms with E-state index in [-0.39, 0.29) is 6.04 Å². The molecular formula is C49H55N8+. The van der Waals surface area contributed by atoms with Gasteiger partial charge in [-0.25, -0.2) is 9.98 Å². The average molecular weight is 756 g/mol. The standard InChI is InChI=1S/C49H54N8/c1-32-26-43-46(29-38(32)50)56(36-18-12-10-13-19-36)48-31-42(34(3)28-45(48)55-43)53-25-17-9-7-5-6-8-16-24-52-40-22-23-41-49(35(40)4)57(37-20-14-11-15-21-37)47-30-39(51)33(2)27-44(47)54-41/h10-15,18-23,26-31,47,52H,5-9,16-17,24-25,51H2,1-4H3,(H2,50,53)/p+1. The van der Waals surface area contributed by atoms with Crippen molar-refractivity contribution in [2.45, 2.75) is 78.7 Å². The van der Waals surface area contributed by atoms with Gasteiger partial charge in [-0.2, -0.15) is 0 Å². The third kappa shape index (κ3) is 7.82. The van der Waals surface area contributed by atoms with Gasteiger partial charge >= 0.3 is 0 Å². The summed E-state index contributed by atoms with van der Waals surface area (Å²) in [6.07, 6.45) is 12.8. The van der Waals surface area contributed by atoms with E-state index in [4.69, 9.17) is 21.4 Å². The molecule has 0 saturated heterocycles. The first-order chi connectivity index (χ1) is 27.8. The van der Waals surface area contributed by atoms with E-state index in [1.807, 2.05) is 6.92 Å². The van der Waals surface area contributed by atoms with Crippen LogP contribution in [0.2, 0.25) is 0 Å². The van der Waals surface area contributed by atoms with Crippen molar-refractivity contribution < 1.29 is 4.57 Å². The fraction of sp³-hybridized carbons (Fsp3) is 0.286. The average Bonchev–Trinajstić information content (AvgIpc) is 3.21. The number of aromatic nitrogens is 2. The van der Waals surface area contributed by atoms with Gasteiger partial charge in [0, 0.05) is 65.8 Å². The van der Waals surface area contributed by atoms with Crippen molar-refractivity contribution in [2.75, 3.05) is 34.4 Å². The normalized spacial score (nSPS) is 14.8. The Labute approximate surface area is 337 Å². The van der Waals surface area contributed by atoms with Crippen LogP contribution in [0.3, 0.4) is 0 Å². The van der Waals surface area contributed by atoms with Crippen LogP contribution in [0, 0.1) is 20.8 Å². The van der Waals surface area contributed by atoms with Crippen LogP contribution < -0.4 is 31.6 Å². The molecule has 1 aliphatic carbocycles. The highest BCUT2D eigenvalue weighted by molar-refractivity contribution is 6.11. The number of anilines is 5. The Morgan fingerprint density at radius 3 is 1.98 bits per heavy atom. The van der Waals surface area contributed by atoms with Gasteiger partial charge in [-0.3, -0.25) is 0 Å². The number of fused-ring (bicyclic) bond motifs is 4. The van der Waals surface area contributed by atoms with Crippen LogP contribution >= 0.6 is 0 Å². The van der Waals surface area contributed by atoms with Gasteiger partial charge in [0.25, 0.3) is 0 Å². The monoisotopic (exact) mass is 755 g/mol. The number of hydrogen-bond donors (Lipinski definition) is 4. The number of nitrogens with one attached hydrogen (secondary N) is 2. The second-order valence-corrected chi connectivity index (χ2v) is 15.7. The molecule has 57 heavy (non-hydrogen) atoms. The molecule has 5 aromatic carbocycles. The number of aryl methyl sites for hydroxylation is 2. The van der Waals surface area contributed by atoms with Crippen LogP contribution in [0.4, 0.5) is 34.1 Å². The topological polar surface area (TPSA) is 108 Å². The number of aliphatic imine (C=N–C) groups is 1. The van der Waals surface area contributed by atoms with E-state index < -0.39 is 0 Å². The number of hydrogen-bond acceptors (Lipinski definition) is 7. The Balaban J connectivity index is 0.824. The van der Waals surface area contributed by atoms with E-state index in [1.165, 1.54) is 48.9 Å². The maximum Gasteiger partial charge on any atom is 0.239 e. The van der Waals surface area contributed by atoms with E-state index in [0.717, 1.165) is 105 Å². The smallest absolute Gasteiger partial charge is 0.239 e. The Morgan fingerprint density at radius 1 is 0.667 bits per heavy atom. The largest absolute Gasteiger partial charge is 0.399 e. The number of rotatable bonds is 14. The minimum absolute atomic E-state index is 0.0350. The van der Waals surface area contributed by atoms with Crippen LogP contribution in [-0.2, 0) is 0 Å². The van der Waals surface area contributed by atoms with Gasteiger partial charge in [0.05, 0.1) is 23.1 Å². The first kappa shape index (κ1) is 37.8. The Bertz CT molecular complexity index is 2520. The zero-order valence-electron chi connectivity index (χ0n) is 33.8. The highest BCUT2D eigenvalue weighted by Gasteiger charge is 2.33. The molecule has 2 heterocycles. The number of nitrogen functional groups attached to an aromatic ring is 1. The molecule has 0 saturated carbocycles. The number of allylic oxidation sites excluding steroid dienone is 1. The molecule has 0 fully saturated rings. The summed E-state index contributed by atoms with van der Waals surface area (Å²) in [6, 6.07) is 34.0. The summed E-state index contributed by atoms with van der Waals surface area (Å²) in [4.78, 5) is 12.6. The Hall–Kier alpha value is -6.15. The molecule has 290 valence electrons. The number of para-hydroxylation sites is 2. The molecule has 1 aliphatic heterocycles. The van der Waals surface area contributed by atoms with Gasteiger partial charge in [-0.05, 0) is 111 Å². The zero-order valence-corrected chi connectivity index (χ0v) is 33.8. The molecule has 8 nitrogen and oxygen atoms in total. The van der Waals surface area contributed by atoms with Crippen LogP contribution in [0.15, 0.2) is 125 Å². The van der Waals surface area contributed by atoms with Crippen molar-refractivity contribution >= 4 is 61.9 Å². The third-order valence-corrected chi connectivity index (χ3v) is 11.6. The lowest BCUT2D eigenvalue weighted by Crippen LogP contribution is -2.41. The SMILES string of the molecule is CC1=CC2=Nc3ccc(NCCCCCCCCCNc4cc5c(cc4C)nc4cc(C)c(N)cc4[n+]5-c4ccccc4)c(C)c3N(c3ccccc3)C2C=C1N. The third-order valence-electron chi connectivity index (χ3n) is 11.6. The van der Waals surface area contributed by atoms with Gasteiger partial charge in [0.1, 0.15) is 11.0 Å². The van der Waals surface area contributed by atoms with Crippen molar-refractivity contribution in [3.05, 3.63) is 137 Å². The minimum atomic E-state index is -0.0350. The van der Waals surface area contributed by atoms with Crippen molar-refractivity contribution in [3.63, 3.8) is 0 Å². The molecule has 2 aliphatic rings. The molecule has 0 spiro atoms. The molecule has 0 bridgehead atoms. The van der Waals surface area contributed by atoms with Crippen LogP contribution in [-0.4, -0.2) is 29.8 Å². The van der Waals surface area contributed by atoms with Crippen LogP contribution in [0.25, 0.3) is 27.8 Å². The summed E-state index contributed by atoms with van der Waals surface area (Å²) in [5.41, 5.74) is 30.7. The molecule has 6 aromatic rings. The van der Waals surface area contributed by atoms with Crippen LogP contribution in [0.1, 0.15) is 68.6 Å². The molecule has 1 atom stereocenters.